The molecular weight excluding hydrogens is 178 g/mol. The van der Waals surface area contributed by atoms with Gasteiger partial charge in [0.15, 0.2) is 0 Å². The van der Waals surface area contributed by atoms with Crippen molar-refractivity contribution in [2.24, 2.45) is 23.0 Å². The van der Waals surface area contributed by atoms with Crippen LogP contribution < -0.4 is 5.73 Å². The van der Waals surface area contributed by atoms with Crippen molar-refractivity contribution < 1.29 is 9.90 Å². The number of hydrogen-bond donors (Lipinski definition) is 2. The van der Waals surface area contributed by atoms with Gasteiger partial charge in [-0.15, -0.1) is 0 Å². The monoisotopic (exact) mass is 199 g/mol. The number of carboxylic acids is 1. The summed E-state index contributed by atoms with van der Waals surface area (Å²) < 4.78 is 0. The summed E-state index contributed by atoms with van der Waals surface area (Å²) in [4.78, 5) is 10.8. The van der Waals surface area contributed by atoms with Crippen LogP contribution in [0.3, 0.4) is 0 Å². The van der Waals surface area contributed by atoms with E-state index in [0.717, 1.165) is 19.3 Å². The van der Waals surface area contributed by atoms with Crippen molar-refractivity contribution in [1.82, 2.24) is 0 Å². The number of hydrogen-bond acceptors (Lipinski definition) is 2. The predicted octanol–water partition coefficient (Wildman–Crippen LogP) is 1.86. The van der Waals surface area contributed by atoms with Crippen LogP contribution in [0.2, 0.25) is 0 Å². The summed E-state index contributed by atoms with van der Waals surface area (Å²) in [5.41, 5.74) is 5.89. The predicted molar refractivity (Wildman–Crippen MR) is 55.9 cm³/mol. The zero-order valence-corrected chi connectivity index (χ0v) is 9.29. The highest BCUT2D eigenvalue weighted by atomic mass is 16.4. The van der Waals surface area contributed by atoms with Crippen LogP contribution in [0.15, 0.2) is 0 Å². The molecule has 0 aromatic rings. The second-order valence-corrected chi connectivity index (χ2v) is 5.11. The molecule has 0 amide bonds. The summed E-state index contributed by atoms with van der Waals surface area (Å²) in [7, 11) is 0. The zero-order chi connectivity index (χ0) is 10.9. The van der Waals surface area contributed by atoms with Crippen LogP contribution >= 0.6 is 0 Å². The molecule has 0 aromatic heterocycles. The van der Waals surface area contributed by atoms with Gasteiger partial charge in [0.2, 0.25) is 0 Å². The van der Waals surface area contributed by atoms with Crippen LogP contribution in [0.1, 0.15) is 40.0 Å². The molecule has 14 heavy (non-hydrogen) atoms. The van der Waals surface area contributed by atoms with E-state index in [2.05, 4.69) is 13.8 Å². The fraction of sp³-hybridized carbons (Fsp3) is 0.909. The molecule has 1 aliphatic rings. The van der Waals surface area contributed by atoms with E-state index in [1.54, 1.807) is 0 Å². The molecule has 82 valence electrons. The van der Waals surface area contributed by atoms with Gasteiger partial charge in [-0.1, -0.05) is 20.8 Å². The van der Waals surface area contributed by atoms with Crippen LogP contribution in [-0.2, 0) is 4.79 Å². The summed E-state index contributed by atoms with van der Waals surface area (Å²) in [6, 6.07) is -0.698. The Hall–Kier alpha value is -0.570. The molecule has 3 heteroatoms. The quantitative estimate of drug-likeness (QED) is 0.710. The minimum Gasteiger partial charge on any atom is -0.480 e. The van der Waals surface area contributed by atoms with Crippen LogP contribution in [0, 0.1) is 17.3 Å². The minimum absolute atomic E-state index is 0.0994. The van der Waals surface area contributed by atoms with Crippen LogP contribution in [0.25, 0.3) is 0 Å². The number of rotatable bonds is 5. The number of carboxylic acid groups (broad SMARTS) is 1. The van der Waals surface area contributed by atoms with Gasteiger partial charge in [0.1, 0.15) is 6.04 Å². The third-order valence-corrected chi connectivity index (χ3v) is 3.50. The van der Waals surface area contributed by atoms with Gasteiger partial charge in [0.25, 0.3) is 0 Å². The van der Waals surface area contributed by atoms with E-state index in [4.69, 9.17) is 10.8 Å². The van der Waals surface area contributed by atoms with Crippen molar-refractivity contribution in [3.63, 3.8) is 0 Å². The maximum absolute atomic E-state index is 10.8. The van der Waals surface area contributed by atoms with Gasteiger partial charge >= 0.3 is 5.97 Å². The van der Waals surface area contributed by atoms with Gasteiger partial charge in [-0.05, 0) is 36.5 Å². The summed E-state index contributed by atoms with van der Waals surface area (Å²) in [6.45, 7) is 6.34. The zero-order valence-electron chi connectivity index (χ0n) is 9.29. The average Bonchev–Trinajstić information content (AvgIpc) is 2.81. The van der Waals surface area contributed by atoms with Crippen molar-refractivity contribution in [2.75, 3.05) is 0 Å². The molecule has 3 N–H and O–H groups in total. The molecule has 1 saturated carbocycles. The van der Waals surface area contributed by atoms with E-state index < -0.39 is 12.0 Å². The SMILES string of the molecule is CC(C)CC1(C(C)C(N)C(=O)O)CC1. The van der Waals surface area contributed by atoms with E-state index in [9.17, 15) is 4.79 Å². The molecular formula is C11H21NO2. The standard InChI is InChI=1S/C11H21NO2/c1-7(2)6-11(4-5-11)8(3)9(12)10(13)14/h7-9H,4-6,12H2,1-3H3,(H,13,14). The van der Waals surface area contributed by atoms with Gasteiger partial charge in [-0.25, -0.2) is 0 Å². The highest BCUT2D eigenvalue weighted by Crippen LogP contribution is 2.56. The summed E-state index contributed by atoms with van der Waals surface area (Å²) in [5, 5.41) is 8.85. The Morgan fingerprint density at radius 1 is 1.43 bits per heavy atom. The van der Waals surface area contributed by atoms with Gasteiger partial charge in [-0.3, -0.25) is 4.79 Å². The molecule has 0 aromatic carbocycles. The van der Waals surface area contributed by atoms with E-state index in [1.165, 1.54) is 0 Å². The van der Waals surface area contributed by atoms with Crippen molar-refractivity contribution in [3.05, 3.63) is 0 Å². The number of carbonyl (C=O) groups is 1. The molecule has 0 saturated heterocycles. The molecule has 0 radical (unpaired) electrons. The van der Waals surface area contributed by atoms with Gasteiger partial charge in [0.05, 0.1) is 0 Å². The Labute approximate surface area is 85.7 Å². The molecule has 1 aliphatic carbocycles. The highest BCUT2D eigenvalue weighted by Gasteiger charge is 2.50. The summed E-state index contributed by atoms with van der Waals surface area (Å²) in [5.74, 6) is -0.143. The first kappa shape index (κ1) is 11.5. The van der Waals surface area contributed by atoms with E-state index >= 15 is 0 Å². The maximum atomic E-state index is 10.8. The third kappa shape index (κ3) is 2.27. The van der Waals surface area contributed by atoms with Crippen LogP contribution in [0.4, 0.5) is 0 Å². The highest BCUT2D eigenvalue weighted by molar-refractivity contribution is 5.73. The molecule has 1 rings (SSSR count). The molecule has 0 heterocycles. The fourth-order valence-corrected chi connectivity index (χ4v) is 2.41. The topological polar surface area (TPSA) is 63.3 Å². The number of nitrogens with two attached hydrogens (primary N) is 1. The Bertz CT molecular complexity index is 221. The lowest BCUT2D eigenvalue weighted by molar-refractivity contribution is -0.140. The van der Waals surface area contributed by atoms with Crippen LogP contribution in [0.5, 0.6) is 0 Å². The smallest absolute Gasteiger partial charge is 0.320 e. The van der Waals surface area contributed by atoms with E-state index in [0.29, 0.717) is 5.92 Å². The van der Waals surface area contributed by atoms with E-state index in [-0.39, 0.29) is 11.3 Å². The first-order chi connectivity index (χ1) is 6.39. The molecule has 3 nitrogen and oxygen atoms in total. The second-order valence-electron chi connectivity index (χ2n) is 5.11. The summed E-state index contributed by atoms with van der Waals surface area (Å²) in [6.07, 6.45) is 3.40. The van der Waals surface area contributed by atoms with Crippen molar-refractivity contribution in [1.29, 1.82) is 0 Å². The second kappa shape index (κ2) is 3.89. The van der Waals surface area contributed by atoms with Gasteiger partial charge < -0.3 is 10.8 Å². The number of aliphatic carboxylic acids is 1. The van der Waals surface area contributed by atoms with Crippen molar-refractivity contribution in [2.45, 2.75) is 46.1 Å². The van der Waals surface area contributed by atoms with Crippen molar-refractivity contribution >= 4 is 5.97 Å². The molecule has 0 spiro atoms. The lowest BCUT2D eigenvalue weighted by atomic mass is 9.79. The molecule has 2 atom stereocenters. The van der Waals surface area contributed by atoms with Crippen LogP contribution in [-0.4, -0.2) is 17.1 Å². The maximum Gasteiger partial charge on any atom is 0.320 e. The first-order valence-electron chi connectivity index (χ1n) is 5.37. The van der Waals surface area contributed by atoms with Gasteiger partial charge in [-0.2, -0.15) is 0 Å². The Kier molecular flexibility index (Phi) is 3.20. The minimum atomic E-state index is -0.868. The molecule has 0 aliphatic heterocycles. The first-order valence-corrected chi connectivity index (χ1v) is 5.37. The Morgan fingerprint density at radius 3 is 2.21 bits per heavy atom. The average molecular weight is 199 g/mol. The Balaban J connectivity index is 2.59. The molecule has 2 unspecified atom stereocenters. The fourth-order valence-electron chi connectivity index (χ4n) is 2.41. The Morgan fingerprint density at radius 2 is 1.93 bits per heavy atom. The largest absolute Gasteiger partial charge is 0.480 e. The van der Waals surface area contributed by atoms with E-state index in [1.807, 2.05) is 6.92 Å². The van der Waals surface area contributed by atoms with Crippen molar-refractivity contribution in [3.8, 4) is 0 Å². The van der Waals surface area contributed by atoms with Gasteiger partial charge in [0, 0.05) is 0 Å². The summed E-state index contributed by atoms with van der Waals surface area (Å²) >= 11 is 0. The lowest BCUT2D eigenvalue weighted by Crippen LogP contribution is -2.41. The molecule has 1 fully saturated rings. The lowest BCUT2D eigenvalue weighted by Gasteiger charge is -2.27. The molecule has 0 bridgehead atoms. The third-order valence-electron chi connectivity index (χ3n) is 3.50. The normalized spacial score (nSPS) is 23.2.